The molecule has 17 heavy (non-hydrogen) atoms. The molecule has 1 N–H and O–H groups in total. The van der Waals surface area contributed by atoms with Gasteiger partial charge >= 0.3 is 0 Å². The molecule has 1 aliphatic rings. The van der Waals surface area contributed by atoms with Gasteiger partial charge in [0.15, 0.2) is 0 Å². The predicted octanol–water partition coefficient (Wildman–Crippen LogP) is 1.98. The lowest BCUT2D eigenvalue weighted by Gasteiger charge is -2.22. The van der Waals surface area contributed by atoms with Crippen LogP contribution in [0.25, 0.3) is 0 Å². The van der Waals surface area contributed by atoms with Gasteiger partial charge in [0.05, 0.1) is 18.8 Å². The molecule has 0 spiro atoms. The molecule has 0 aromatic carbocycles. The average Bonchev–Trinajstić information content (AvgIpc) is 2.78. The van der Waals surface area contributed by atoms with Crippen molar-refractivity contribution in [2.24, 2.45) is 5.92 Å². The Bertz CT molecular complexity index is 329. The van der Waals surface area contributed by atoms with Gasteiger partial charge in [-0.15, -0.1) is 0 Å². The van der Waals surface area contributed by atoms with Crippen LogP contribution in [-0.2, 0) is 11.3 Å². The van der Waals surface area contributed by atoms with E-state index in [1.165, 1.54) is 12.0 Å². The van der Waals surface area contributed by atoms with E-state index in [1.54, 1.807) is 0 Å². The van der Waals surface area contributed by atoms with Gasteiger partial charge in [-0.05, 0) is 25.3 Å². The Morgan fingerprint density at radius 1 is 1.59 bits per heavy atom. The van der Waals surface area contributed by atoms with Gasteiger partial charge < -0.3 is 10.1 Å². The first-order chi connectivity index (χ1) is 8.25. The smallest absolute Gasteiger partial charge is 0.0753 e. The SMILES string of the molecule is CC(C)CNCc1cnn(C2CCCOC2)c1. The monoisotopic (exact) mass is 237 g/mol. The van der Waals surface area contributed by atoms with Gasteiger partial charge in [0.1, 0.15) is 0 Å². The third-order valence-electron chi connectivity index (χ3n) is 3.05. The third-order valence-corrected chi connectivity index (χ3v) is 3.05. The van der Waals surface area contributed by atoms with Crippen LogP contribution in [0.5, 0.6) is 0 Å². The maximum atomic E-state index is 5.48. The summed E-state index contributed by atoms with van der Waals surface area (Å²) < 4.78 is 7.54. The Morgan fingerprint density at radius 2 is 2.47 bits per heavy atom. The van der Waals surface area contributed by atoms with Gasteiger partial charge in [0.25, 0.3) is 0 Å². The second-order valence-corrected chi connectivity index (χ2v) is 5.22. The Labute approximate surface area is 103 Å². The van der Waals surface area contributed by atoms with Crippen molar-refractivity contribution in [1.29, 1.82) is 0 Å². The first-order valence-corrected chi connectivity index (χ1v) is 6.57. The zero-order valence-electron chi connectivity index (χ0n) is 10.9. The largest absolute Gasteiger partial charge is 0.379 e. The first kappa shape index (κ1) is 12.6. The highest BCUT2D eigenvalue weighted by Gasteiger charge is 2.16. The van der Waals surface area contributed by atoms with Crippen molar-refractivity contribution in [2.45, 2.75) is 39.3 Å². The van der Waals surface area contributed by atoms with Crippen LogP contribution in [0.15, 0.2) is 12.4 Å². The molecule has 4 heteroatoms. The summed E-state index contributed by atoms with van der Waals surface area (Å²) in [4.78, 5) is 0. The van der Waals surface area contributed by atoms with E-state index in [1.807, 2.05) is 6.20 Å². The molecule has 1 fully saturated rings. The van der Waals surface area contributed by atoms with E-state index in [0.717, 1.165) is 32.7 Å². The van der Waals surface area contributed by atoms with Gasteiger partial charge in [-0.3, -0.25) is 4.68 Å². The molecule has 0 amide bonds. The Kier molecular flexibility index (Phi) is 4.57. The number of nitrogens with one attached hydrogen (secondary N) is 1. The predicted molar refractivity (Wildman–Crippen MR) is 67.9 cm³/mol. The van der Waals surface area contributed by atoms with Crippen molar-refractivity contribution in [3.63, 3.8) is 0 Å². The molecule has 1 aromatic rings. The minimum absolute atomic E-state index is 0.433. The summed E-state index contributed by atoms with van der Waals surface area (Å²) in [5, 5.41) is 7.87. The van der Waals surface area contributed by atoms with E-state index in [2.05, 4.69) is 35.1 Å². The van der Waals surface area contributed by atoms with E-state index in [9.17, 15) is 0 Å². The quantitative estimate of drug-likeness (QED) is 0.851. The summed E-state index contributed by atoms with van der Waals surface area (Å²) in [6.07, 6.45) is 6.43. The van der Waals surface area contributed by atoms with E-state index >= 15 is 0 Å². The topological polar surface area (TPSA) is 39.1 Å². The van der Waals surface area contributed by atoms with E-state index in [0.29, 0.717) is 12.0 Å². The van der Waals surface area contributed by atoms with Crippen LogP contribution in [0.2, 0.25) is 0 Å². The van der Waals surface area contributed by atoms with Crippen molar-refractivity contribution in [3.8, 4) is 0 Å². The van der Waals surface area contributed by atoms with Gasteiger partial charge in [-0.25, -0.2) is 0 Å². The van der Waals surface area contributed by atoms with Gasteiger partial charge in [-0.2, -0.15) is 5.10 Å². The molecule has 1 aliphatic heterocycles. The Hall–Kier alpha value is -0.870. The van der Waals surface area contributed by atoms with Gasteiger partial charge in [0, 0.05) is 24.9 Å². The normalized spacial score (nSPS) is 21.0. The Morgan fingerprint density at radius 3 is 3.18 bits per heavy atom. The molecule has 0 bridgehead atoms. The molecule has 4 nitrogen and oxygen atoms in total. The molecular weight excluding hydrogens is 214 g/mol. The molecule has 2 heterocycles. The molecule has 96 valence electrons. The second-order valence-electron chi connectivity index (χ2n) is 5.22. The molecule has 1 unspecified atom stereocenters. The summed E-state index contributed by atoms with van der Waals surface area (Å²) >= 11 is 0. The highest BCUT2D eigenvalue weighted by atomic mass is 16.5. The lowest BCUT2D eigenvalue weighted by Crippen LogP contribution is -2.21. The van der Waals surface area contributed by atoms with Gasteiger partial charge in [-0.1, -0.05) is 13.8 Å². The number of hydrogen-bond donors (Lipinski definition) is 1. The zero-order valence-corrected chi connectivity index (χ0v) is 10.9. The number of aromatic nitrogens is 2. The highest BCUT2D eigenvalue weighted by Crippen LogP contribution is 2.18. The molecule has 0 saturated carbocycles. The van der Waals surface area contributed by atoms with Crippen LogP contribution in [0.3, 0.4) is 0 Å². The number of rotatable bonds is 5. The molecule has 1 saturated heterocycles. The fourth-order valence-electron chi connectivity index (χ4n) is 2.11. The van der Waals surface area contributed by atoms with Crippen LogP contribution >= 0.6 is 0 Å². The van der Waals surface area contributed by atoms with Crippen LogP contribution < -0.4 is 5.32 Å². The zero-order chi connectivity index (χ0) is 12.1. The first-order valence-electron chi connectivity index (χ1n) is 6.57. The fourth-order valence-corrected chi connectivity index (χ4v) is 2.11. The summed E-state index contributed by atoms with van der Waals surface area (Å²) in [5.74, 6) is 0.691. The lowest BCUT2D eigenvalue weighted by molar-refractivity contribution is 0.0549. The van der Waals surface area contributed by atoms with E-state index < -0.39 is 0 Å². The maximum Gasteiger partial charge on any atom is 0.0753 e. The summed E-state index contributed by atoms with van der Waals surface area (Å²) in [6.45, 7) is 8.11. The van der Waals surface area contributed by atoms with Crippen molar-refractivity contribution in [2.75, 3.05) is 19.8 Å². The summed E-state index contributed by atoms with van der Waals surface area (Å²) in [6, 6.07) is 0.433. The van der Waals surface area contributed by atoms with Crippen LogP contribution in [0, 0.1) is 5.92 Å². The summed E-state index contributed by atoms with van der Waals surface area (Å²) in [5.41, 5.74) is 1.26. The Balaban J connectivity index is 1.82. The van der Waals surface area contributed by atoms with Crippen molar-refractivity contribution in [1.82, 2.24) is 15.1 Å². The molecule has 2 rings (SSSR count). The van der Waals surface area contributed by atoms with Crippen molar-refractivity contribution < 1.29 is 4.74 Å². The maximum absolute atomic E-state index is 5.48. The second kappa shape index (κ2) is 6.17. The van der Waals surface area contributed by atoms with Crippen LogP contribution in [0.1, 0.15) is 38.3 Å². The lowest BCUT2D eigenvalue weighted by atomic mass is 10.1. The number of nitrogens with zero attached hydrogens (tertiary/aromatic N) is 2. The van der Waals surface area contributed by atoms with Crippen molar-refractivity contribution >= 4 is 0 Å². The van der Waals surface area contributed by atoms with E-state index in [4.69, 9.17) is 4.74 Å². The molecular formula is C13H23N3O. The minimum Gasteiger partial charge on any atom is -0.379 e. The summed E-state index contributed by atoms with van der Waals surface area (Å²) in [7, 11) is 0. The third kappa shape index (κ3) is 3.82. The highest BCUT2D eigenvalue weighted by molar-refractivity contribution is 5.04. The molecule has 1 atom stereocenters. The standard InChI is InChI=1S/C13H23N3O/c1-11(2)6-14-7-12-8-15-16(9-12)13-4-3-5-17-10-13/h8-9,11,13-14H,3-7,10H2,1-2H3. The molecule has 0 aliphatic carbocycles. The van der Waals surface area contributed by atoms with Crippen molar-refractivity contribution in [3.05, 3.63) is 18.0 Å². The fraction of sp³-hybridized carbons (Fsp3) is 0.769. The van der Waals surface area contributed by atoms with E-state index in [-0.39, 0.29) is 0 Å². The van der Waals surface area contributed by atoms with Gasteiger partial charge in [0.2, 0.25) is 0 Å². The molecule has 1 aromatic heterocycles. The molecule has 0 radical (unpaired) electrons. The average molecular weight is 237 g/mol. The number of ether oxygens (including phenoxy) is 1. The van der Waals surface area contributed by atoms with Crippen LogP contribution in [0.4, 0.5) is 0 Å². The number of hydrogen-bond acceptors (Lipinski definition) is 3. The minimum atomic E-state index is 0.433. The van der Waals surface area contributed by atoms with Crippen LogP contribution in [-0.4, -0.2) is 29.5 Å².